The monoisotopic (exact) mass is 297 g/mol. The molecule has 2 amide bonds. The third-order valence-electron chi connectivity index (χ3n) is 2.65. The summed E-state index contributed by atoms with van der Waals surface area (Å²) in [5.74, 6) is -0.253. The number of nitrogens with two attached hydrogens (primary N) is 1. The van der Waals surface area contributed by atoms with Crippen LogP contribution < -0.4 is 16.4 Å². The van der Waals surface area contributed by atoms with E-state index in [1.54, 1.807) is 18.2 Å². The summed E-state index contributed by atoms with van der Waals surface area (Å²) in [5.41, 5.74) is 6.39. The fourth-order valence-electron chi connectivity index (χ4n) is 1.60. The second kappa shape index (κ2) is 8.55. The van der Waals surface area contributed by atoms with Crippen molar-refractivity contribution in [3.8, 4) is 0 Å². The number of unbranched alkanes of at least 4 members (excludes halogenated alkanes) is 1. The molecule has 20 heavy (non-hydrogen) atoms. The molecule has 0 spiro atoms. The highest BCUT2D eigenvalue weighted by molar-refractivity contribution is 6.33. The van der Waals surface area contributed by atoms with Gasteiger partial charge < -0.3 is 16.4 Å². The Morgan fingerprint density at radius 1 is 1.20 bits per heavy atom. The number of hydrogen-bond donors (Lipinski definition) is 3. The van der Waals surface area contributed by atoms with Crippen molar-refractivity contribution >= 4 is 34.8 Å². The summed E-state index contributed by atoms with van der Waals surface area (Å²) in [6.07, 6.45) is 2.52. The lowest BCUT2D eigenvalue weighted by Crippen LogP contribution is -2.17. The SMILES string of the molecule is CCCCC(=O)Nc1ccc(Cl)c(NC(=O)CCN)c1. The molecule has 4 N–H and O–H groups in total. The van der Waals surface area contributed by atoms with Gasteiger partial charge in [-0.2, -0.15) is 0 Å². The molecule has 1 rings (SSSR count). The second-order valence-electron chi connectivity index (χ2n) is 4.43. The topological polar surface area (TPSA) is 84.2 Å². The zero-order chi connectivity index (χ0) is 15.0. The third-order valence-corrected chi connectivity index (χ3v) is 2.98. The first-order valence-corrected chi connectivity index (χ1v) is 7.04. The quantitative estimate of drug-likeness (QED) is 0.723. The van der Waals surface area contributed by atoms with Crippen molar-refractivity contribution in [2.24, 2.45) is 5.73 Å². The number of amides is 2. The Morgan fingerprint density at radius 2 is 1.90 bits per heavy atom. The summed E-state index contributed by atoms with van der Waals surface area (Å²) in [7, 11) is 0. The van der Waals surface area contributed by atoms with Crippen molar-refractivity contribution < 1.29 is 9.59 Å². The molecule has 0 saturated carbocycles. The van der Waals surface area contributed by atoms with Crippen LogP contribution in [0.15, 0.2) is 18.2 Å². The first-order chi connectivity index (χ1) is 9.56. The van der Waals surface area contributed by atoms with Crippen LogP contribution in [0.2, 0.25) is 5.02 Å². The van der Waals surface area contributed by atoms with E-state index in [4.69, 9.17) is 17.3 Å². The number of hydrogen-bond acceptors (Lipinski definition) is 3. The summed E-state index contributed by atoms with van der Waals surface area (Å²) >= 11 is 6.00. The van der Waals surface area contributed by atoms with E-state index in [1.807, 2.05) is 6.92 Å². The van der Waals surface area contributed by atoms with Crippen LogP contribution in [-0.2, 0) is 9.59 Å². The Morgan fingerprint density at radius 3 is 2.55 bits per heavy atom. The van der Waals surface area contributed by atoms with E-state index in [1.165, 1.54) is 0 Å². The van der Waals surface area contributed by atoms with E-state index in [0.717, 1.165) is 12.8 Å². The molecule has 0 radical (unpaired) electrons. The lowest BCUT2D eigenvalue weighted by atomic mass is 10.2. The minimum Gasteiger partial charge on any atom is -0.330 e. The van der Waals surface area contributed by atoms with E-state index >= 15 is 0 Å². The van der Waals surface area contributed by atoms with Gasteiger partial charge in [0.1, 0.15) is 0 Å². The number of nitrogens with one attached hydrogen (secondary N) is 2. The molecule has 110 valence electrons. The maximum atomic E-state index is 11.6. The third kappa shape index (κ3) is 5.59. The molecule has 0 atom stereocenters. The van der Waals surface area contributed by atoms with E-state index in [2.05, 4.69) is 10.6 Å². The standard InChI is InChI=1S/C14H20ClN3O2/c1-2-3-4-13(19)17-10-5-6-11(15)12(9-10)18-14(20)7-8-16/h5-6,9H,2-4,7-8,16H2,1H3,(H,17,19)(H,18,20). The molecule has 1 aromatic carbocycles. The van der Waals surface area contributed by atoms with Crippen LogP contribution in [0.1, 0.15) is 32.6 Å². The minimum absolute atomic E-state index is 0.0478. The van der Waals surface area contributed by atoms with Gasteiger partial charge in [-0.1, -0.05) is 24.9 Å². The van der Waals surface area contributed by atoms with Gasteiger partial charge in [-0.15, -0.1) is 0 Å². The summed E-state index contributed by atoms with van der Waals surface area (Å²) in [6, 6.07) is 4.97. The van der Waals surface area contributed by atoms with Gasteiger partial charge in [0, 0.05) is 25.1 Å². The van der Waals surface area contributed by atoms with Crippen LogP contribution in [0.3, 0.4) is 0 Å². The summed E-state index contributed by atoms with van der Waals surface area (Å²) in [6.45, 7) is 2.30. The van der Waals surface area contributed by atoms with Gasteiger partial charge >= 0.3 is 0 Å². The molecule has 5 nitrogen and oxygen atoms in total. The Bertz CT molecular complexity index is 477. The van der Waals surface area contributed by atoms with Crippen molar-refractivity contribution in [1.29, 1.82) is 0 Å². The largest absolute Gasteiger partial charge is 0.330 e. The summed E-state index contributed by atoms with van der Waals surface area (Å²) < 4.78 is 0. The van der Waals surface area contributed by atoms with Gasteiger partial charge in [-0.05, 0) is 24.6 Å². The lowest BCUT2D eigenvalue weighted by Gasteiger charge is -2.10. The van der Waals surface area contributed by atoms with Crippen LogP contribution in [0, 0.1) is 0 Å². The molecule has 0 bridgehead atoms. The molecule has 0 fully saturated rings. The molecular weight excluding hydrogens is 278 g/mol. The molecular formula is C14H20ClN3O2. The average molecular weight is 298 g/mol. The predicted molar refractivity (Wildman–Crippen MR) is 81.9 cm³/mol. The highest BCUT2D eigenvalue weighted by Gasteiger charge is 2.08. The van der Waals surface area contributed by atoms with Gasteiger partial charge in [0.25, 0.3) is 0 Å². The number of anilines is 2. The first kappa shape index (κ1) is 16.5. The van der Waals surface area contributed by atoms with Crippen LogP contribution in [-0.4, -0.2) is 18.4 Å². The van der Waals surface area contributed by atoms with E-state index in [-0.39, 0.29) is 24.8 Å². The average Bonchev–Trinajstić information content (AvgIpc) is 2.40. The number of halogens is 1. The zero-order valence-electron chi connectivity index (χ0n) is 11.5. The predicted octanol–water partition coefficient (Wildman–Crippen LogP) is 2.76. The van der Waals surface area contributed by atoms with E-state index < -0.39 is 0 Å². The van der Waals surface area contributed by atoms with Crippen LogP contribution in [0.4, 0.5) is 11.4 Å². The molecule has 0 saturated heterocycles. The smallest absolute Gasteiger partial charge is 0.225 e. The minimum atomic E-state index is -0.205. The van der Waals surface area contributed by atoms with Gasteiger partial charge in [0.15, 0.2) is 0 Å². The van der Waals surface area contributed by atoms with Crippen LogP contribution in [0.25, 0.3) is 0 Å². The number of benzene rings is 1. The second-order valence-corrected chi connectivity index (χ2v) is 4.84. The van der Waals surface area contributed by atoms with E-state index in [0.29, 0.717) is 22.8 Å². The normalized spacial score (nSPS) is 10.2. The maximum absolute atomic E-state index is 11.6. The molecule has 0 aliphatic heterocycles. The number of rotatable bonds is 7. The number of carbonyl (C=O) groups excluding carboxylic acids is 2. The molecule has 0 aliphatic carbocycles. The number of carbonyl (C=O) groups is 2. The molecule has 0 aliphatic rings. The van der Waals surface area contributed by atoms with Gasteiger partial charge in [0.05, 0.1) is 10.7 Å². The fraction of sp³-hybridized carbons (Fsp3) is 0.429. The Balaban J connectivity index is 2.70. The van der Waals surface area contributed by atoms with E-state index in [9.17, 15) is 9.59 Å². The van der Waals surface area contributed by atoms with Crippen molar-refractivity contribution in [3.05, 3.63) is 23.2 Å². The molecule has 0 aromatic heterocycles. The summed E-state index contributed by atoms with van der Waals surface area (Å²) in [5, 5.41) is 5.86. The van der Waals surface area contributed by atoms with Gasteiger partial charge in [-0.3, -0.25) is 9.59 Å². The van der Waals surface area contributed by atoms with Crippen molar-refractivity contribution in [2.45, 2.75) is 32.6 Å². The fourth-order valence-corrected chi connectivity index (χ4v) is 1.77. The Labute approximate surface area is 123 Å². The zero-order valence-corrected chi connectivity index (χ0v) is 12.3. The molecule has 1 aromatic rings. The molecule has 6 heteroatoms. The maximum Gasteiger partial charge on any atom is 0.225 e. The summed E-state index contributed by atoms with van der Waals surface area (Å²) in [4.78, 5) is 23.1. The van der Waals surface area contributed by atoms with Crippen molar-refractivity contribution in [3.63, 3.8) is 0 Å². The van der Waals surface area contributed by atoms with Crippen molar-refractivity contribution in [2.75, 3.05) is 17.2 Å². The van der Waals surface area contributed by atoms with Crippen LogP contribution in [0.5, 0.6) is 0 Å². The Kier molecular flexibility index (Phi) is 7.04. The highest BCUT2D eigenvalue weighted by atomic mass is 35.5. The molecule has 0 unspecified atom stereocenters. The Hall–Kier alpha value is -1.59. The van der Waals surface area contributed by atoms with Gasteiger partial charge in [-0.25, -0.2) is 0 Å². The highest BCUT2D eigenvalue weighted by Crippen LogP contribution is 2.25. The van der Waals surface area contributed by atoms with Crippen LogP contribution >= 0.6 is 11.6 Å². The molecule has 0 heterocycles. The van der Waals surface area contributed by atoms with Crippen molar-refractivity contribution in [1.82, 2.24) is 0 Å². The van der Waals surface area contributed by atoms with Gasteiger partial charge in [0.2, 0.25) is 11.8 Å². The first-order valence-electron chi connectivity index (χ1n) is 6.66. The lowest BCUT2D eigenvalue weighted by molar-refractivity contribution is -0.116.